The minimum Gasteiger partial charge on any atom is -0.481 e. The number of anilines is 2. The second-order valence-electron chi connectivity index (χ2n) is 8.94. The maximum Gasteiger partial charge on any atom is 0.418 e. The molecule has 5 N–H and O–H groups in total. The summed E-state index contributed by atoms with van der Waals surface area (Å²) in [4.78, 5) is 30.3. The van der Waals surface area contributed by atoms with Crippen molar-refractivity contribution < 1.29 is 27.9 Å². The molecular formula is C28H27F3N6O3. The Labute approximate surface area is 227 Å². The molecule has 4 aromatic rings. The fraction of sp³-hybridized carbons (Fsp3) is 0.214. The number of carbonyl (C=O) groups is 2. The first-order valence-electron chi connectivity index (χ1n) is 12.4. The number of benzene rings is 3. The molecule has 0 bridgehead atoms. The van der Waals surface area contributed by atoms with Gasteiger partial charge in [0.05, 0.1) is 35.2 Å². The van der Waals surface area contributed by atoms with Crippen LogP contribution in [0.25, 0.3) is 11.0 Å². The third kappa shape index (κ3) is 6.06. The number of nitrogens with two attached hydrogens (primary N) is 1. The number of halogens is 3. The molecule has 0 aliphatic carbocycles. The van der Waals surface area contributed by atoms with Crippen molar-refractivity contribution in [1.82, 2.24) is 9.55 Å². The third-order valence-corrected chi connectivity index (χ3v) is 6.33. The van der Waals surface area contributed by atoms with Crippen molar-refractivity contribution in [1.29, 1.82) is 5.41 Å². The predicted molar refractivity (Wildman–Crippen MR) is 146 cm³/mol. The van der Waals surface area contributed by atoms with E-state index in [4.69, 9.17) is 16.2 Å². The number of aromatic nitrogens is 2. The average molecular weight is 553 g/mol. The van der Waals surface area contributed by atoms with Crippen molar-refractivity contribution in [3.63, 3.8) is 0 Å². The van der Waals surface area contributed by atoms with Gasteiger partial charge < -0.3 is 25.6 Å². The first-order valence-corrected chi connectivity index (χ1v) is 12.4. The van der Waals surface area contributed by atoms with Crippen molar-refractivity contribution in [2.75, 3.05) is 16.8 Å². The number of nitrogens with zero attached hydrogens (tertiary/aromatic N) is 3. The number of fused-ring (bicyclic) bond motifs is 1. The van der Waals surface area contributed by atoms with E-state index in [1.807, 2.05) is 11.5 Å². The summed E-state index contributed by atoms with van der Waals surface area (Å²) < 4.78 is 43.1. The molecule has 0 spiro atoms. The fourth-order valence-corrected chi connectivity index (χ4v) is 4.39. The molecule has 1 aromatic heterocycles. The monoisotopic (exact) mass is 552 g/mol. The number of nitrogen functional groups attached to an aromatic ring is 1. The molecule has 208 valence electrons. The molecule has 0 atom stereocenters. The Hall–Kier alpha value is -4.87. The molecule has 1 amide bonds. The highest BCUT2D eigenvalue weighted by molar-refractivity contribution is 6.08. The topological polar surface area (TPSA) is 137 Å². The number of rotatable bonds is 10. The van der Waals surface area contributed by atoms with Gasteiger partial charge in [0, 0.05) is 29.9 Å². The van der Waals surface area contributed by atoms with Gasteiger partial charge in [-0.3, -0.25) is 15.0 Å². The van der Waals surface area contributed by atoms with Gasteiger partial charge in [-0.15, -0.1) is 0 Å². The number of aryl methyl sites for hydroxylation is 1. The Morgan fingerprint density at radius 3 is 2.38 bits per heavy atom. The number of alkyl halides is 3. The van der Waals surface area contributed by atoms with Gasteiger partial charge in [-0.1, -0.05) is 12.1 Å². The first-order chi connectivity index (χ1) is 19.0. The number of aliphatic carboxylic acids is 1. The van der Waals surface area contributed by atoms with Gasteiger partial charge in [0.1, 0.15) is 11.7 Å². The Balaban J connectivity index is 1.66. The zero-order chi connectivity index (χ0) is 29.0. The van der Waals surface area contributed by atoms with E-state index in [-0.39, 0.29) is 11.4 Å². The Morgan fingerprint density at radius 2 is 1.75 bits per heavy atom. The summed E-state index contributed by atoms with van der Waals surface area (Å²) in [5.41, 5.74) is 6.71. The van der Waals surface area contributed by atoms with E-state index in [0.29, 0.717) is 30.0 Å². The summed E-state index contributed by atoms with van der Waals surface area (Å²) >= 11 is 0. The lowest BCUT2D eigenvalue weighted by Crippen LogP contribution is -2.34. The summed E-state index contributed by atoms with van der Waals surface area (Å²) in [5, 5.41) is 19.9. The number of carbonyl (C=O) groups excluding carboxylic acids is 1. The van der Waals surface area contributed by atoms with Crippen LogP contribution in [-0.4, -0.2) is 38.9 Å². The molecule has 3 aromatic carbocycles. The lowest BCUT2D eigenvalue weighted by atomic mass is 10.1. The number of carboxylic acid groups (broad SMARTS) is 1. The zero-order valence-corrected chi connectivity index (χ0v) is 21.5. The predicted octanol–water partition coefficient (Wildman–Crippen LogP) is 5.09. The number of imidazole rings is 1. The summed E-state index contributed by atoms with van der Waals surface area (Å²) in [5.74, 6) is -1.38. The van der Waals surface area contributed by atoms with Crippen LogP contribution in [0.3, 0.4) is 0 Å². The van der Waals surface area contributed by atoms with Crippen LogP contribution in [0.4, 0.5) is 24.5 Å². The molecule has 9 nitrogen and oxygen atoms in total. The maximum atomic E-state index is 13.7. The van der Waals surface area contributed by atoms with E-state index in [9.17, 15) is 22.8 Å². The smallest absolute Gasteiger partial charge is 0.418 e. The van der Waals surface area contributed by atoms with Gasteiger partial charge in [-0.2, -0.15) is 13.2 Å². The Bertz CT molecular complexity index is 1560. The van der Waals surface area contributed by atoms with E-state index < -0.39 is 42.3 Å². The lowest BCUT2D eigenvalue weighted by molar-refractivity contribution is -0.137. The second kappa shape index (κ2) is 11.5. The number of hydrogen-bond donors (Lipinski definition) is 4. The number of hydrogen-bond acceptors (Lipinski definition) is 5. The highest BCUT2D eigenvalue weighted by atomic mass is 19.4. The van der Waals surface area contributed by atoms with Gasteiger partial charge in [-0.25, -0.2) is 4.98 Å². The van der Waals surface area contributed by atoms with Crippen molar-refractivity contribution in [2.45, 2.75) is 32.6 Å². The van der Waals surface area contributed by atoms with Crippen LogP contribution < -0.4 is 16.0 Å². The molecule has 0 unspecified atom stereocenters. The molecule has 12 heteroatoms. The summed E-state index contributed by atoms with van der Waals surface area (Å²) in [6.07, 6.45) is -5.27. The largest absolute Gasteiger partial charge is 0.481 e. The molecule has 1 heterocycles. The minimum absolute atomic E-state index is 0.0342. The lowest BCUT2D eigenvalue weighted by Gasteiger charge is -2.25. The fourth-order valence-electron chi connectivity index (χ4n) is 4.39. The van der Waals surface area contributed by atoms with Crippen molar-refractivity contribution in [2.24, 2.45) is 5.73 Å². The maximum absolute atomic E-state index is 13.7. The van der Waals surface area contributed by atoms with Crippen LogP contribution in [0.2, 0.25) is 0 Å². The van der Waals surface area contributed by atoms with E-state index in [0.717, 1.165) is 28.2 Å². The van der Waals surface area contributed by atoms with Crippen LogP contribution in [0.15, 0.2) is 66.7 Å². The van der Waals surface area contributed by atoms with Crippen LogP contribution in [-0.2, 0) is 24.1 Å². The summed E-state index contributed by atoms with van der Waals surface area (Å²) in [7, 11) is 0. The number of carboxylic acids is 1. The Morgan fingerprint density at radius 1 is 1.07 bits per heavy atom. The van der Waals surface area contributed by atoms with Gasteiger partial charge in [0.25, 0.3) is 5.91 Å². The van der Waals surface area contributed by atoms with Crippen LogP contribution in [0.5, 0.6) is 0 Å². The van der Waals surface area contributed by atoms with Crippen LogP contribution in [0.1, 0.15) is 40.7 Å². The average Bonchev–Trinajstić information content (AvgIpc) is 3.28. The van der Waals surface area contributed by atoms with Gasteiger partial charge in [0.15, 0.2) is 0 Å². The number of nitrogens with one attached hydrogen (secondary N) is 2. The molecular weight excluding hydrogens is 525 g/mol. The van der Waals surface area contributed by atoms with E-state index in [1.54, 1.807) is 30.3 Å². The molecule has 40 heavy (non-hydrogen) atoms. The molecule has 0 aliphatic heterocycles. The van der Waals surface area contributed by atoms with Gasteiger partial charge in [-0.05, 0) is 61.5 Å². The molecule has 4 rings (SSSR count). The second-order valence-corrected chi connectivity index (χ2v) is 8.94. The van der Waals surface area contributed by atoms with Crippen molar-refractivity contribution in [3.05, 3.63) is 89.2 Å². The third-order valence-electron chi connectivity index (χ3n) is 6.33. The van der Waals surface area contributed by atoms with Crippen LogP contribution in [0, 0.1) is 5.41 Å². The zero-order valence-electron chi connectivity index (χ0n) is 21.5. The van der Waals surface area contributed by atoms with Crippen LogP contribution >= 0.6 is 0 Å². The molecule has 0 radical (unpaired) electrons. The summed E-state index contributed by atoms with van der Waals surface area (Å²) in [6.45, 7) is 2.41. The standard InChI is InChI=1S/C28H27F3N6O3/c1-2-36-23-12-9-18(15-21(23)35-24(36)16-34-19-10-7-17(8-11-19)26(32)33)27(40)37(14-13-25(38)39)22-6-4-3-5-20(22)28(29,30)31/h3-12,15,34H,2,13-14,16H2,1H3,(H3,32,33)(H,38,39). The molecule has 0 saturated heterocycles. The highest BCUT2D eigenvalue weighted by Crippen LogP contribution is 2.37. The first kappa shape index (κ1) is 28.1. The van der Waals surface area contributed by atoms with E-state index >= 15 is 0 Å². The van der Waals surface area contributed by atoms with Gasteiger partial charge >= 0.3 is 12.1 Å². The van der Waals surface area contributed by atoms with Gasteiger partial charge in [0.2, 0.25) is 0 Å². The SMILES string of the molecule is CCn1c(CNc2ccc(C(=N)N)cc2)nc2cc(C(=O)N(CCC(=O)O)c3ccccc3C(F)(F)F)ccc21. The highest BCUT2D eigenvalue weighted by Gasteiger charge is 2.36. The Kier molecular flexibility index (Phi) is 8.08. The number of amidine groups is 1. The quantitative estimate of drug-likeness (QED) is 0.160. The normalized spacial score (nSPS) is 11.4. The van der Waals surface area contributed by atoms with Crippen molar-refractivity contribution in [3.8, 4) is 0 Å². The number of amides is 1. The molecule has 0 fully saturated rings. The van der Waals surface area contributed by atoms with E-state index in [1.165, 1.54) is 24.3 Å². The molecule has 0 aliphatic rings. The molecule has 0 saturated carbocycles. The number of para-hydroxylation sites is 1. The van der Waals surface area contributed by atoms with E-state index in [2.05, 4.69) is 10.3 Å². The minimum atomic E-state index is -4.74. The summed E-state index contributed by atoms with van der Waals surface area (Å²) in [6, 6.07) is 16.3. The van der Waals surface area contributed by atoms with Crippen molar-refractivity contribution >= 4 is 40.1 Å².